The van der Waals surface area contributed by atoms with E-state index in [0.29, 0.717) is 6.04 Å². The average molecular weight is 179 g/mol. The van der Waals surface area contributed by atoms with Crippen molar-refractivity contribution in [1.82, 2.24) is 15.3 Å². The minimum Gasteiger partial charge on any atom is -0.317 e. The smallest absolute Gasteiger partial charge is 0.130 e. The largest absolute Gasteiger partial charge is 0.317 e. The first-order valence-corrected chi connectivity index (χ1v) is 4.60. The number of likely N-dealkylation sites (N-methyl/N-ethyl adjacent to an activating group) is 1. The van der Waals surface area contributed by atoms with Crippen LogP contribution in [0.1, 0.15) is 24.1 Å². The van der Waals surface area contributed by atoms with Gasteiger partial charge in [-0.3, -0.25) is 0 Å². The van der Waals surface area contributed by atoms with Gasteiger partial charge in [0.05, 0.1) is 0 Å². The summed E-state index contributed by atoms with van der Waals surface area (Å²) in [4.78, 5) is 8.74. The van der Waals surface area contributed by atoms with Gasteiger partial charge in [0.25, 0.3) is 0 Å². The van der Waals surface area contributed by atoms with E-state index in [0.717, 1.165) is 23.6 Å². The van der Waals surface area contributed by atoms with Crippen molar-refractivity contribution in [1.29, 1.82) is 0 Å². The summed E-state index contributed by atoms with van der Waals surface area (Å²) < 4.78 is 0. The van der Waals surface area contributed by atoms with Crippen LogP contribution in [0.5, 0.6) is 0 Å². The molecule has 13 heavy (non-hydrogen) atoms. The molecule has 0 amide bonds. The summed E-state index contributed by atoms with van der Waals surface area (Å²) in [6, 6.07) is 2.43. The van der Waals surface area contributed by atoms with E-state index < -0.39 is 0 Å². The van der Waals surface area contributed by atoms with Crippen LogP contribution in [-0.4, -0.2) is 23.1 Å². The lowest BCUT2D eigenvalue weighted by molar-refractivity contribution is 0.588. The maximum Gasteiger partial charge on any atom is 0.130 e. The number of hydrogen-bond acceptors (Lipinski definition) is 3. The van der Waals surface area contributed by atoms with E-state index in [-0.39, 0.29) is 0 Å². The van der Waals surface area contributed by atoms with Gasteiger partial charge in [-0.1, -0.05) is 0 Å². The van der Waals surface area contributed by atoms with Gasteiger partial charge in [0, 0.05) is 23.9 Å². The Morgan fingerprint density at radius 3 is 2.31 bits per heavy atom. The third-order valence-electron chi connectivity index (χ3n) is 2.01. The monoisotopic (exact) mass is 179 g/mol. The van der Waals surface area contributed by atoms with Crippen molar-refractivity contribution in [2.75, 3.05) is 7.05 Å². The lowest BCUT2D eigenvalue weighted by Crippen LogP contribution is -2.24. The Kier molecular flexibility index (Phi) is 3.37. The first-order valence-electron chi connectivity index (χ1n) is 4.60. The molecule has 3 heteroatoms. The average Bonchev–Trinajstić information content (AvgIpc) is 2.02. The molecule has 1 rings (SSSR count). The molecule has 1 N–H and O–H groups in total. The number of aryl methyl sites for hydroxylation is 2. The van der Waals surface area contributed by atoms with E-state index in [1.165, 1.54) is 0 Å². The topological polar surface area (TPSA) is 37.8 Å². The molecule has 3 nitrogen and oxygen atoms in total. The Morgan fingerprint density at radius 2 is 1.85 bits per heavy atom. The Bertz CT molecular complexity index is 263. The van der Waals surface area contributed by atoms with Gasteiger partial charge in [-0.25, -0.2) is 9.97 Å². The summed E-state index contributed by atoms with van der Waals surface area (Å²) >= 11 is 0. The molecule has 1 aromatic heterocycles. The van der Waals surface area contributed by atoms with Gasteiger partial charge >= 0.3 is 0 Å². The molecule has 0 aliphatic carbocycles. The van der Waals surface area contributed by atoms with Crippen LogP contribution in [0.15, 0.2) is 6.07 Å². The van der Waals surface area contributed by atoms with Crippen LogP contribution < -0.4 is 5.32 Å². The maximum atomic E-state index is 4.37. The van der Waals surface area contributed by atoms with E-state index in [2.05, 4.69) is 22.2 Å². The predicted molar refractivity (Wildman–Crippen MR) is 53.7 cm³/mol. The fourth-order valence-electron chi connectivity index (χ4n) is 1.27. The zero-order valence-corrected chi connectivity index (χ0v) is 8.76. The van der Waals surface area contributed by atoms with E-state index >= 15 is 0 Å². The summed E-state index contributed by atoms with van der Waals surface area (Å²) in [6.07, 6.45) is 0.888. The number of rotatable bonds is 3. The summed E-state index contributed by atoms with van der Waals surface area (Å²) in [5.74, 6) is 0.930. The van der Waals surface area contributed by atoms with Crippen molar-refractivity contribution < 1.29 is 0 Å². The Balaban J connectivity index is 2.77. The number of nitrogens with zero attached hydrogens (tertiary/aromatic N) is 2. The van der Waals surface area contributed by atoms with Crippen LogP contribution in [0.4, 0.5) is 0 Å². The molecule has 0 spiro atoms. The molecule has 0 fully saturated rings. The molecule has 0 bridgehead atoms. The Labute approximate surface area is 79.6 Å². The molecule has 0 aromatic carbocycles. The summed E-state index contributed by atoms with van der Waals surface area (Å²) in [5, 5.41) is 3.17. The van der Waals surface area contributed by atoms with Crippen molar-refractivity contribution >= 4 is 0 Å². The quantitative estimate of drug-likeness (QED) is 0.758. The van der Waals surface area contributed by atoms with Crippen molar-refractivity contribution in [2.24, 2.45) is 0 Å². The SMILES string of the molecule is CNC(C)Cc1nc(C)cc(C)n1. The zero-order valence-electron chi connectivity index (χ0n) is 8.76. The second-order valence-electron chi connectivity index (χ2n) is 3.46. The summed E-state index contributed by atoms with van der Waals surface area (Å²) in [7, 11) is 1.95. The molecule has 0 aliphatic heterocycles. The standard InChI is InChI=1S/C10H17N3/c1-7(11-4)6-10-12-8(2)5-9(3)13-10/h5,7,11H,6H2,1-4H3. The highest BCUT2D eigenvalue weighted by Crippen LogP contribution is 2.01. The van der Waals surface area contributed by atoms with Crippen LogP contribution >= 0.6 is 0 Å². The van der Waals surface area contributed by atoms with Crippen LogP contribution in [-0.2, 0) is 6.42 Å². The van der Waals surface area contributed by atoms with Gasteiger partial charge in [0.15, 0.2) is 0 Å². The van der Waals surface area contributed by atoms with Crippen molar-refractivity contribution in [3.8, 4) is 0 Å². The van der Waals surface area contributed by atoms with Crippen LogP contribution in [0.3, 0.4) is 0 Å². The highest BCUT2D eigenvalue weighted by molar-refractivity contribution is 5.08. The summed E-state index contributed by atoms with van der Waals surface area (Å²) in [6.45, 7) is 6.13. The molecular weight excluding hydrogens is 162 g/mol. The first kappa shape index (κ1) is 10.1. The maximum absolute atomic E-state index is 4.37. The molecule has 0 aliphatic rings. The van der Waals surface area contributed by atoms with E-state index in [4.69, 9.17) is 0 Å². The van der Waals surface area contributed by atoms with Gasteiger partial charge < -0.3 is 5.32 Å². The minimum absolute atomic E-state index is 0.432. The van der Waals surface area contributed by atoms with Crippen LogP contribution in [0.2, 0.25) is 0 Å². The van der Waals surface area contributed by atoms with E-state index in [9.17, 15) is 0 Å². The molecule has 0 saturated heterocycles. The number of aromatic nitrogens is 2. The van der Waals surface area contributed by atoms with Crippen LogP contribution in [0, 0.1) is 13.8 Å². The van der Waals surface area contributed by atoms with E-state index in [1.807, 2.05) is 27.0 Å². The van der Waals surface area contributed by atoms with E-state index in [1.54, 1.807) is 0 Å². The van der Waals surface area contributed by atoms with Crippen LogP contribution in [0.25, 0.3) is 0 Å². The third kappa shape index (κ3) is 3.11. The normalized spacial score (nSPS) is 12.9. The zero-order chi connectivity index (χ0) is 9.84. The third-order valence-corrected chi connectivity index (χ3v) is 2.01. The molecule has 1 unspecified atom stereocenters. The number of nitrogens with one attached hydrogen (secondary N) is 1. The highest BCUT2D eigenvalue weighted by atomic mass is 14.9. The van der Waals surface area contributed by atoms with Crippen molar-refractivity contribution in [3.05, 3.63) is 23.3 Å². The molecule has 72 valence electrons. The second kappa shape index (κ2) is 4.33. The second-order valence-corrected chi connectivity index (χ2v) is 3.46. The molecule has 0 radical (unpaired) electrons. The van der Waals surface area contributed by atoms with Gasteiger partial charge in [-0.05, 0) is 33.9 Å². The Morgan fingerprint density at radius 1 is 1.31 bits per heavy atom. The fraction of sp³-hybridized carbons (Fsp3) is 0.600. The minimum atomic E-state index is 0.432. The van der Waals surface area contributed by atoms with Crippen molar-refractivity contribution in [2.45, 2.75) is 33.2 Å². The first-order chi connectivity index (χ1) is 6.11. The lowest BCUT2D eigenvalue weighted by Gasteiger charge is -2.09. The molecular formula is C10H17N3. The Hall–Kier alpha value is -0.960. The van der Waals surface area contributed by atoms with Gasteiger partial charge in [-0.15, -0.1) is 0 Å². The predicted octanol–water partition coefficient (Wildman–Crippen LogP) is 1.24. The molecule has 0 saturated carbocycles. The lowest BCUT2D eigenvalue weighted by atomic mass is 10.2. The fourth-order valence-corrected chi connectivity index (χ4v) is 1.27. The van der Waals surface area contributed by atoms with Gasteiger partial charge in [0.2, 0.25) is 0 Å². The summed E-state index contributed by atoms with van der Waals surface area (Å²) in [5.41, 5.74) is 2.09. The molecule has 1 heterocycles. The molecule has 1 atom stereocenters. The number of hydrogen-bond donors (Lipinski definition) is 1. The van der Waals surface area contributed by atoms with Crippen molar-refractivity contribution in [3.63, 3.8) is 0 Å². The molecule has 1 aromatic rings. The van der Waals surface area contributed by atoms with Gasteiger partial charge in [-0.2, -0.15) is 0 Å². The highest BCUT2D eigenvalue weighted by Gasteiger charge is 2.04. The van der Waals surface area contributed by atoms with Gasteiger partial charge in [0.1, 0.15) is 5.82 Å².